The van der Waals surface area contributed by atoms with Crippen LogP contribution in [-0.2, 0) is 9.53 Å². The summed E-state index contributed by atoms with van der Waals surface area (Å²) in [7, 11) is 1.51. The van der Waals surface area contributed by atoms with Crippen molar-refractivity contribution in [1.82, 2.24) is 5.32 Å². The number of carbonyl (C=O) groups excluding carboxylic acids is 1. The van der Waals surface area contributed by atoms with Crippen molar-refractivity contribution in [3.63, 3.8) is 0 Å². The maximum Gasteiger partial charge on any atom is 0.245 e. The summed E-state index contributed by atoms with van der Waals surface area (Å²) >= 11 is 4.38. The molecule has 0 aliphatic rings. The van der Waals surface area contributed by atoms with Gasteiger partial charge in [0.2, 0.25) is 5.91 Å². The lowest BCUT2D eigenvalue weighted by Crippen LogP contribution is -2.28. The van der Waals surface area contributed by atoms with Gasteiger partial charge >= 0.3 is 0 Å². The first-order chi connectivity index (χ1) is 5.95. The average molecular weight is 205 g/mol. The second-order valence-corrected chi connectivity index (χ2v) is 4.91. The Morgan fingerprint density at radius 3 is 2.62 bits per heavy atom. The van der Waals surface area contributed by atoms with Gasteiger partial charge < -0.3 is 10.1 Å². The minimum Gasteiger partial charge on any atom is -0.375 e. The van der Waals surface area contributed by atoms with Gasteiger partial charge in [-0.2, -0.15) is 12.6 Å². The van der Waals surface area contributed by atoms with Crippen molar-refractivity contribution < 1.29 is 9.53 Å². The highest BCUT2D eigenvalue weighted by atomic mass is 32.1. The molecule has 0 bridgehead atoms. The lowest BCUT2D eigenvalue weighted by molar-refractivity contribution is -0.124. The van der Waals surface area contributed by atoms with Crippen molar-refractivity contribution in [2.75, 3.05) is 20.3 Å². The van der Waals surface area contributed by atoms with Gasteiger partial charge in [0.1, 0.15) is 6.61 Å². The van der Waals surface area contributed by atoms with E-state index in [2.05, 4.69) is 36.5 Å². The van der Waals surface area contributed by atoms with Crippen LogP contribution >= 0.6 is 12.6 Å². The van der Waals surface area contributed by atoms with E-state index in [-0.39, 0.29) is 17.3 Å². The lowest BCUT2D eigenvalue weighted by Gasteiger charge is -2.16. The van der Waals surface area contributed by atoms with E-state index >= 15 is 0 Å². The average Bonchev–Trinajstić information content (AvgIpc) is 1.97. The molecule has 3 nitrogen and oxygen atoms in total. The highest BCUT2D eigenvalue weighted by Crippen LogP contribution is 2.17. The molecule has 0 rings (SSSR count). The Hall–Kier alpha value is -0.220. The predicted molar refractivity (Wildman–Crippen MR) is 57.2 cm³/mol. The third kappa shape index (κ3) is 9.70. The fraction of sp³-hybridized carbons (Fsp3) is 0.889. The number of ether oxygens (including phenoxy) is 1. The van der Waals surface area contributed by atoms with Crippen LogP contribution in [0.4, 0.5) is 0 Å². The van der Waals surface area contributed by atoms with Crippen LogP contribution in [0.5, 0.6) is 0 Å². The van der Waals surface area contributed by atoms with Crippen LogP contribution in [0.1, 0.15) is 26.7 Å². The van der Waals surface area contributed by atoms with Gasteiger partial charge in [0, 0.05) is 18.4 Å². The Bertz CT molecular complexity index is 154. The number of hydrogen-bond acceptors (Lipinski definition) is 3. The predicted octanol–water partition coefficient (Wildman–Crippen LogP) is 1.24. The highest BCUT2D eigenvalue weighted by Gasteiger charge is 2.10. The summed E-state index contributed by atoms with van der Waals surface area (Å²) < 4.78 is 4.72. The van der Waals surface area contributed by atoms with Crippen molar-refractivity contribution in [3.8, 4) is 0 Å². The number of amides is 1. The first kappa shape index (κ1) is 12.8. The minimum absolute atomic E-state index is 0.0476. The number of thiol groups is 1. The van der Waals surface area contributed by atoms with Crippen molar-refractivity contribution in [3.05, 3.63) is 0 Å². The fourth-order valence-corrected chi connectivity index (χ4v) is 1.09. The standard InChI is InChI=1S/C9H19NO2S/c1-9(2,13)5-4-6-10-8(11)7-12-3/h13H,4-7H2,1-3H3,(H,10,11). The van der Waals surface area contributed by atoms with Gasteiger partial charge in [-0.1, -0.05) is 13.8 Å². The first-order valence-corrected chi connectivity index (χ1v) is 4.88. The molecule has 0 saturated carbocycles. The monoisotopic (exact) mass is 205 g/mol. The molecule has 4 heteroatoms. The number of methoxy groups -OCH3 is 1. The summed E-state index contributed by atoms with van der Waals surface area (Å²) in [5, 5.41) is 2.76. The summed E-state index contributed by atoms with van der Waals surface area (Å²) in [6, 6.07) is 0. The van der Waals surface area contributed by atoms with E-state index in [0.717, 1.165) is 12.8 Å². The number of carbonyl (C=O) groups is 1. The van der Waals surface area contributed by atoms with Crippen LogP contribution in [0.15, 0.2) is 0 Å². The summed E-state index contributed by atoms with van der Waals surface area (Å²) in [5.41, 5.74) is 0. The molecule has 0 spiro atoms. The normalized spacial score (nSPS) is 11.4. The van der Waals surface area contributed by atoms with Crippen LogP contribution < -0.4 is 5.32 Å². The molecule has 0 fully saturated rings. The molecule has 0 unspecified atom stereocenters. The van der Waals surface area contributed by atoms with Gasteiger partial charge in [0.05, 0.1) is 0 Å². The minimum atomic E-state index is -0.0560. The molecule has 0 saturated heterocycles. The second-order valence-electron chi connectivity index (χ2n) is 3.70. The third-order valence-electron chi connectivity index (χ3n) is 1.56. The van der Waals surface area contributed by atoms with Crippen LogP contribution in [0, 0.1) is 0 Å². The molecule has 1 N–H and O–H groups in total. The van der Waals surface area contributed by atoms with Crippen LogP contribution in [-0.4, -0.2) is 30.9 Å². The van der Waals surface area contributed by atoms with Crippen molar-refractivity contribution in [2.24, 2.45) is 0 Å². The Morgan fingerprint density at radius 2 is 2.15 bits per heavy atom. The van der Waals surface area contributed by atoms with Crippen molar-refractivity contribution in [2.45, 2.75) is 31.4 Å². The largest absolute Gasteiger partial charge is 0.375 e. The number of hydrogen-bond donors (Lipinski definition) is 2. The fourth-order valence-electron chi connectivity index (χ4n) is 0.931. The van der Waals surface area contributed by atoms with Crippen LogP contribution in [0.25, 0.3) is 0 Å². The zero-order chi connectivity index (χ0) is 10.3. The molecule has 0 aromatic rings. The number of nitrogens with one attached hydrogen (secondary N) is 1. The van der Waals surface area contributed by atoms with E-state index in [0.29, 0.717) is 6.54 Å². The Kier molecular flexibility index (Phi) is 6.16. The summed E-state index contributed by atoms with van der Waals surface area (Å²) in [6.07, 6.45) is 1.94. The molecule has 0 aliphatic carbocycles. The van der Waals surface area contributed by atoms with Gasteiger partial charge in [-0.05, 0) is 12.8 Å². The summed E-state index contributed by atoms with van der Waals surface area (Å²) in [4.78, 5) is 10.9. The van der Waals surface area contributed by atoms with Crippen molar-refractivity contribution in [1.29, 1.82) is 0 Å². The number of rotatable bonds is 6. The maximum atomic E-state index is 10.9. The molecule has 0 aliphatic heterocycles. The van der Waals surface area contributed by atoms with E-state index in [1.807, 2.05) is 0 Å². The maximum absolute atomic E-state index is 10.9. The topological polar surface area (TPSA) is 38.3 Å². The van der Waals surface area contributed by atoms with E-state index in [9.17, 15) is 4.79 Å². The Balaban J connectivity index is 3.31. The molecular formula is C9H19NO2S. The van der Waals surface area contributed by atoms with Gasteiger partial charge in [-0.25, -0.2) is 0 Å². The molecule has 0 radical (unpaired) electrons. The van der Waals surface area contributed by atoms with Gasteiger partial charge in [-0.15, -0.1) is 0 Å². The van der Waals surface area contributed by atoms with Crippen LogP contribution in [0.2, 0.25) is 0 Å². The third-order valence-corrected chi connectivity index (χ3v) is 1.79. The van der Waals surface area contributed by atoms with E-state index in [1.54, 1.807) is 0 Å². The molecule has 13 heavy (non-hydrogen) atoms. The van der Waals surface area contributed by atoms with E-state index < -0.39 is 0 Å². The molecule has 0 aromatic carbocycles. The first-order valence-electron chi connectivity index (χ1n) is 4.44. The highest BCUT2D eigenvalue weighted by molar-refractivity contribution is 7.81. The van der Waals surface area contributed by atoms with Gasteiger partial charge in [0.25, 0.3) is 0 Å². The summed E-state index contributed by atoms with van der Waals surface area (Å²) in [6.45, 7) is 4.97. The quantitative estimate of drug-likeness (QED) is 0.506. The smallest absolute Gasteiger partial charge is 0.245 e. The van der Waals surface area contributed by atoms with Crippen molar-refractivity contribution >= 4 is 18.5 Å². The van der Waals surface area contributed by atoms with E-state index in [4.69, 9.17) is 0 Å². The van der Waals surface area contributed by atoms with E-state index in [1.165, 1.54) is 7.11 Å². The lowest BCUT2D eigenvalue weighted by atomic mass is 10.1. The molecular weight excluding hydrogens is 186 g/mol. The molecule has 0 aromatic heterocycles. The SMILES string of the molecule is COCC(=O)NCCCC(C)(C)S. The van der Waals surface area contributed by atoms with Gasteiger partial charge in [-0.3, -0.25) is 4.79 Å². The summed E-state index contributed by atoms with van der Waals surface area (Å²) in [5.74, 6) is -0.0560. The zero-order valence-electron chi connectivity index (χ0n) is 8.59. The Morgan fingerprint density at radius 1 is 1.54 bits per heavy atom. The second kappa shape index (κ2) is 6.27. The molecule has 0 heterocycles. The molecule has 1 amide bonds. The zero-order valence-corrected chi connectivity index (χ0v) is 9.49. The molecule has 0 atom stereocenters. The molecule has 78 valence electrons. The van der Waals surface area contributed by atoms with Gasteiger partial charge in [0.15, 0.2) is 0 Å². The van der Waals surface area contributed by atoms with Crippen LogP contribution in [0.3, 0.4) is 0 Å². The Labute approximate surface area is 85.6 Å².